The second kappa shape index (κ2) is 7.32. The van der Waals surface area contributed by atoms with Gasteiger partial charge in [-0.25, -0.2) is 4.98 Å². The van der Waals surface area contributed by atoms with Crippen molar-refractivity contribution >= 4 is 5.91 Å². The van der Waals surface area contributed by atoms with E-state index in [0.29, 0.717) is 12.2 Å². The molecule has 0 spiro atoms. The summed E-state index contributed by atoms with van der Waals surface area (Å²) in [5.41, 5.74) is 2.18. The molecule has 1 N–H and O–H groups in total. The molecular weight excluding hydrogens is 304 g/mol. The molecule has 1 amide bonds. The van der Waals surface area contributed by atoms with Gasteiger partial charge in [-0.05, 0) is 17.7 Å². The lowest BCUT2D eigenvalue weighted by Gasteiger charge is -2.09. The molecule has 0 aliphatic rings. The Hall–Kier alpha value is -3.28. The molecule has 2 heterocycles. The number of amides is 1. The van der Waals surface area contributed by atoms with E-state index in [-0.39, 0.29) is 18.0 Å². The fourth-order valence-corrected chi connectivity index (χ4v) is 2.24. The molecule has 0 fully saturated rings. The van der Waals surface area contributed by atoms with Gasteiger partial charge in [-0.1, -0.05) is 30.3 Å². The molecule has 0 bridgehead atoms. The highest BCUT2D eigenvalue weighted by molar-refractivity contribution is 5.75. The van der Waals surface area contributed by atoms with Crippen molar-refractivity contribution in [3.63, 3.8) is 0 Å². The van der Waals surface area contributed by atoms with Crippen LogP contribution >= 0.6 is 0 Å². The van der Waals surface area contributed by atoms with Crippen molar-refractivity contribution in [1.82, 2.24) is 19.9 Å². The minimum atomic E-state index is -0.311. The van der Waals surface area contributed by atoms with Gasteiger partial charge in [0.15, 0.2) is 0 Å². The van der Waals surface area contributed by atoms with Crippen LogP contribution in [0.1, 0.15) is 5.56 Å². The number of hydrogen-bond acceptors (Lipinski definition) is 4. The average molecular weight is 320 g/mol. The summed E-state index contributed by atoms with van der Waals surface area (Å²) in [6.45, 7) is 0.346. The van der Waals surface area contributed by atoms with E-state index in [2.05, 4.69) is 15.3 Å². The van der Waals surface area contributed by atoms with Crippen LogP contribution in [0.2, 0.25) is 0 Å². The molecule has 24 heavy (non-hydrogen) atoms. The Morgan fingerprint density at radius 2 is 1.83 bits per heavy atom. The van der Waals surface area contributed by atoms with E-state index < -0.39 is 0 Å². The fourth-order valence-electron chi connectivity index (χ4n) is 2.24. The summed E-state index contributed by atoms with van der Waals surface area (Å²) in [4.78, 5) is 32.1. The SMILES string of the molecule is O=C(Cn1cc(-c2ccccc2)ncc1=O)NCc1ccncc1. The lowest BCUT2D eigenvalue weighted by Crippen LogP contribution is -2.31. The predicted molar refractivity (Wildman–Crippen MR) is 90.0 cm³/mol. The quantitative estimate of drug-likeness (QED) is 0.775. The van der Waals surface area contributed by atoms with Gasteiger partial charge in [-0.15, -0.1) is 0 Å². The highest BCUT2D eigenvalue weighted by Crippen LogP contribution is 2.13. The fraction of sp³-hybridized carbons (Fsp3) is 0.111. The summed E-state index contributed by atoms with van der Waals surface area (Å²) in [7, 11) is 0. The van der Waals surface area contributed by atoms with Gasteiger partial charge < -0.3 is 9.88 Å². The van der Waals surface area contributed by atoms with E-state index in [0.717, 1.165) is 11.1 Å². The number of carbonyl (C=O) groups excluding carboxylic acids is 1. The summed E-state index contributed by atoms with van der Waals surface area (Å²) in [5.74, 6) is -0.237. The van der Waals surface area contributed by atoms with Crippen LogP contribution in [0, 0.1) is 0 Å². The minimum absolute atomic E-state index is 0.0493. The highest BCUT2D eigenvalue weighted by Gasteiger charge is 2.07. The van der Waals surface area contributed by atoms with E-state index in [1.54, 1.807) is 18.6 Å². The van der Waals surface area contributed by atoms with E-state index >= 15 is 0 Å². The van der Waals surface area contributed by atoms with Crippen LogP contribution in [-0.2, 0) is 17.9 Å². The van der Waals surface area contributed by atoms with Gasteiger partial charge in [0.1, 0.15) is 6.54 Å². The summed E-state index contributed by atoms with van der Waals surface area (Å²) < 4.78 is 1.36. The second-order valence-electron chi connectivity index (χ2n) is 5.24. The van der Waals surface area contributed by atoms with Crippen molar-refractivity contribution < 1.29 is 4.79 Å². The third-order valence-electron chi connectivity index (χ3n) is 3.50. The number of carbonyl (C=O) groups is 1. The topological polar surface area (TPSA) is 76.9 Å². The number of rotatable bonds is 5. The molecule has 1 aromatic carbocycles. The number of hydrogen-bond donors (Lipinski definition) is 1. The Morgan fingerprint density at radius 1 is 1.08 bits per heavy atom. The Bertz CT molecular complexity index is 876. The molecule has 6 nitrogen and oxygen atoms in total. The maximum absolute atomic E-state index is 12.1. The molecule has 0 radical (unpaired) electrons. The van der Waals surface area contributed by atoms with Crippen molar-refractivity contribution in [2.24, 2.45) is 0 Å². The van der Waals surface area contributed by atoms with Crippen molar-refractivity contribution in [2.75, 3.05) is 0 Å². The molecule has 0 aliphatic carbocycles. The standard InChI is InChI=1S/C18H16N4O2/c23-17(21-10-14-6-8-19-9-7-14)13-22-12-16(20-11-18(22)24)15-4-2-1-3-5-15/h1-9,11-12H,10,13H2,(H,21,23). The molecule has 0 aliphatic heterocycles. The largest absolute Gasteiger partial charge is 0.350 e. The van der Waals surface area contributed by atoms with Crippen molar-refractivity contribution in [2.45, 2.75) is 13.1 Å². The zero-order chi connectivity index (χ0) is 16.8. The predicted octanol–water partition coefficient (Wildman–Crippen LogP) is 1.62. The maximum Gasteiger partial charge on any atom is 0.269 e. The van der Waals surface area contributed by atoms with Crippen molar-refractivity contribution in [3.8, 4) is 11.3 Å². The average Bonchev–Trinajstić information content (AvgIpc) is 2.63. The monoisotopic (exact) mass is 320 g/mol. The third kappa shape index (κ3) is 3.92. The summed E-state index contributed by atoms with van der Waals surface area (Å²) in [5, 5.41) is 2.79. The van der Waals surface area contributed by atoms with Gasteiger partial charge >= 0.3 is 0 Å². The van der Waals surface area contributed by atoms with Crippen LogP contribution in [0.15, 0.2) is 72.0 Å². The van der Waals surface area contributed by atoms with Gasteiger partial charge in [-0.2, -0.15) is 0 Å². The van der Waals surface area contributed by atoms with Crippen LogP contribution in [0.3, 0.4) is 0 Å². The molecule has 0 saturated carbocycles. The van der Waals surface area contributed by atoms with E-state index in [1.807, 2.05) is 42.5 Å². The van der Waals surface area contributed by atoms with Crippen molar-refractivity contribution in [3.05, 3.63) is 83.2 Å². The van der Waals surface area contributed by atoms with E-state index in [4.69, 9.17) is 0 Å². The first-order chi connectivity index (χ1) is 11.7. The molecule has 2 aromatic heterocycles. The van der Waals surface area contributed by atoms with E-state index in [1.165, 1.54) is 10.8 Å². The molecular formula is C18H16N4O2. The summed E-state index contributed by atoms with van der Waals surface area (Å²) in [6, 6.07) is 13.2. The number of pyridine rings is 1. The lowest BCUT2D eigenvalue weighted by atomic mass is 10.2. The maximum atomic E-state index is 12.1. The van der Waals surface area contributed by atoms with Crippen molar-refractivity contribution in [1.29, 1.82) is 0 Å². The Labute approximate surface area is 138 Å². The molecule has 6 heteroatoms. The first-order valence-electron chi connectivity index (χ1n) is 7.50. The molecule has 0 unspecified atom stereocenters. The van der Waals surface area contributed by atoms with Crippen LogP contribution in [0.5, 0.6) is 0 Å². The zero-order valence-electron chi connectivity index (χ0n) is 12.9. The molecule has 3 rings (SSSR count). The van der Waals surface area contributed by atoms with E-state index in [9.17, 15) is 9.59 Å². The first kappa shape index (κ1) is 15.6. The lowest BCUT2D eigenvalue weighted by molar-refractivity contribution is -0.121. The van der Waals surface area contributed by atoms with Gasteiger partial charge in [0.05, 0.1) is 11.9 Å². The number of aromatic nitrogens is 3. The van der Waals surface area contributed by atoms with Gasteiger partial charge in [-0.3, -0.25) is 14.6 Å². The third-order valence-corrected chi connectivity index (χ3v) is 3.50. The Kier molecular flexibility index (Phi) is 4.76. The highest BCUT2D eigenvalue weighted by atomic mass is 16.2. The first-order valence-corrected chi connectivity index (χ1v) is 7.50. The Balaban J connectivity index is 1.70. The number of nitrogens with one attached hydrogen (secondary N) is 1. The van der Waals surface area contributed by atoms with Crippen LogP contribution in [-0.4, -0.2) is 20.4 Å². The smallest absolute Gasteiger partial charge is 0.269 e. The number of benzene rings is 1. The molecule has 120 valence electrons. The van der Waals surface area contributed by atoms with Crippen LogP contribution < -0.4 is 10.9 Å². The second-order valence-corrected chi connectivity index (χ2v) is 5.24. The van der Waals surface area contributed by atoms with Gasteiger partial charge in [0.2, 0.25) is 5.91 Å². The summed E-state index contributed by atoms with van der Waals surface area (Å²) in [6.07, 6.45) is 6.17. The van der Waals surface area contributed by atoms with Gasteiger partial charge in [0.25, 0.3) is 5.56 Å². The molecule has 0 atom stereocenters. The molecule has 3 aromatic rings. The Morgan fingerprint density at radius 3 is 2.58 bits per heavy atom. The van der Waals surface area contributed by atoms with Crippen LogP contribution in [0.4, 0.5) is 0 Å². The van der Waals surface area contributed by atoms with Gasteiger partial charge in [0, 0.05) is 30.7 Å². The summed E-state index contributed by atoms with van der Waals surface area (Å²) >= 11 is 0. The normalized spacial score (nSPS) is 10.3. The zero-order valence-corrected chi connectivity index (χ0v) is 12.9. The van der Waals surface area contributed by atoms with Crippen LogP contribution in [0.25, 0.3) is 11.3 Å². The minimum Gasteiger partial charge on any atom is -0.350 e. The molecule has 0 saturated heterocycles. The number of nitrogens with zero attached hydrogens (tertiary/aromatic N) is 3.